The van der Waals surface area contributed by atoms with Gasteiger partial charge in [-0.2, -0.15) is 0 Å². The molecule has 1 unspecified atom stereocenters. The van der Waals surface area contributed by atoms with Gasteiger partial charge in [-0.1, -0.05) is 46.3 Å². The van der Waals surface area contributed by atoms with Crippen LogP contribution in [0.5, 0.6) is 0 Å². The van der Waals surface area contributed by atoms with Crippen LogP contribution in [0.3, 0.4) is 0 Å². The molecule has 1 atom stereocenters. The van der Waals surface area contributed by atoms with Crippen molar-refractivity contribution in [3.63, 3.8) is 0 Å². The lowest BCUT2D eigenvalue weighted by Crippen LogP contribution is -2.06. The van der Waals surface area contributed by atoms with Gasteiger partial charge in [-0.15, -0.1) is 0 Å². The summed E-state index contributed by atoms with van der Waals surface area (Å²) in [6.07, 6.45) is 2.75. The molecule has 0 radical (unpaired) electrons. The third kappa shape index (κ3) is 4.25. The lowest BCUT2D eigenvalue weighted by molar-refractivity contribution is -0.111. The summed E-state index contributed by atoms with van der Waals surface area (Å²) in [5, 5.41) is -0.307. The van der Waals surface area contributed by atoms with E-state index in [4.69, 9.17) is 11.6 Å². The average molecular weight is 276 g/mol. The molecule has 1 nitrogen and oxygen atoms in total. The molecule has 0 amide bonds. The van der Waals surface area contributed by atoms with E-state index < -0.39 is 0 Å². The molecule has 1 aromatic rings. The molecule has 0 heterocycles. The molecule has 0 fully saturated rings. The maximum absolute atomic E-state index is 10.7. The van der Waals surface area contributed by atoms with Gasteiger partial charge >= 0.3 is 0 Å². The summed E-state index contributed by atoms with van der Waals surface area (Å²) in [6, 6.07) is 10.2. The normalized spacial score (nSPS) is 12.4. The third-order valence-electron chi connectivity index (χ3n) is 2.01. The fraction of sp³-hybridized carbons (Fsp3) is 0.364. The number of aryl methyl sites for hydroxylation is 1. The average Bonchev–Trinajstić information content (AvgIpc) is 2.19. The van der Waals surface area contributed by atoms with E-state index in [9.17, 15) is 4.79 Å². The molecule has 3 heteroatoms. The highest BCUT2D eigenvalue weighted by Gasteiger charge is 2.10. The van der Waals surface area contributed by atoms with Gasteiger partial charge < -0.3 is 0 Å². The lowest BCUT2D eigenvalue weighted by Gasteiger charge is -2.04. The van der Waals surface area contributed by atoms with Gasteiger partial charge in [0, 0.05) is 0 Å². The number of alkyl halides is 1. The summed E-state index contributed by atoms with van der Waals surface area (Å²) < 4.78 is 0. The zero-order chi connectivity index (χ0) is 10.4. The number of carbonyl (C=O) groups excluding carboxylic acids is 1. The highest BCUT2D eigenvalue weighted by atomic mass is 79.9. The first-order valence-electron chi connectivity index (χ1n) is 4.57. The second-order valence-electron chi connectivity index (χ2n) is 3.15. The molecule has 0 aliphatic heterocycles. The fourth-order valence-corrected chi connectivity index (χ4v) is 1.68. The number of rotatable bonds is 5. The summed E-state index contributed by atoms with van der Waals surface area (Å²) in [4.78, 5) is 10.5. The maximum Gasteiger partial charge on any atom is 0.235 e. The molecule has 1 aromatic carbocycles. The van der Waals surface area contributed by atoms with E-state index in [1.165, 1.54) is 5.56 Å². The SMILES string of the molecule is O=C(Cl)C(Br)CCCc1ccccc1. The smallest absolute Gasteiger partial charge is 0.235 e. The Kier molecular flexibility index (Phi) is 5.20. The van der Waals surface area contributed by atoms with Crippen LogP contribution in [-0.2, 0) is 11.2 Å². The van der Waals surface area contributed by atoms with Crippen molar-refractivity contribution in [3.8, 4) is 0 Å². The molecule has 0 aromatic heterocycles. The van der Waals surface area contributed by atoms with Crippen LogP contribution in [0.4, 0.5) is 0 Å². The highest BCUT2D eigenvalue weighted by molar-refractivity contribution is 9.10. The maximum atomic E-state index is 10.7. The van der Waals surface area contributed by atoms with Crippen molar-refractivity contribution in [2.24, 2.45) is 0 Å². The molecular formula is C11H12BrClO. The Labute approximate surface area is 97.6 Å². The van der Waals surface area contributed by atoms with Gasteiger partial charge in [0.1, 0.15) is 0 Å². The lowest BCUT2D eigenvalue weighted by atomic mass is 10.1. The van der Waals surface area contributed by atoms with E-state index in [0.717, 1.165) is 19.3 Å². The molecule has 14 heavy (non-hydrogen) atoms. The van der Waals surface area contributed by atoms with Crippen LogP contribution in [-0.4, -0.2) is 10.1 Å². The molecule has 1 rings (SSSR count). The molecule has 0 aliphatic carbocycles. The summed E-state index contributed by atoms with van der Waals surface area (Å²) in [7, 11) is 0. The fourth-order valence-electron chi connectivity index (χ4n) is 1.24. The Hall–Kier alpha value is -0.340. The zero-order valence-electron chi connectivity index (χ0n) is 7.75. The predicted octanol–water partition coefficient (Wildman–Crippen LogP) is 3.54. The van der Waals surface area contributed by atoms with Crippen molar-refractivity contribution in [2.75, 3.05) is 0 Å². The standard InChI is InChI=1S/C11H12BrClO/c12-10(11(13)14)8-4-7-9-5-2-1-3-6-9/h1-3,5-6,10H,4,7-8H2. The first-order valence-corrected chi connectivity index (χ1v) is 5.87. The largest absolute Gasteiger partial charge is 0.280 e. The van der Waals surface area contributed by atoms with Crippen LogP contribution >= 0.6 is 27.5 Å². The van der Waals surface area contributed by atoms with Crippen molar-refractivity contribution >= 4 is 32.8 Å². The monoisotopic (exact) mass is 274 g/mol. The molecule has 0 N–H and O–H groups in total. The highest BCUT2D eigenvalue weighted by Crippen LogP contribution is 2.13. The van der Waals surface area contributed by atoms with Gasteiger partial charge in [0.05, 0.1) is 4.83 Å². The molecule has 0 spiro atoms. The van der Waals surface area contributed by atoms with Gasteiger partial charge in [0.25, 0.3) is 0 Å². The van der Waals surface area contributed by atoms with Crippen LogP contribution in [0.1, 0.15) is 18.4 Å². The summed E-state index contributed by atoms with van der Waals surface area (Å²) >= 11 is 8.56. The van der Waals surface area contributed by atoms with E-state index >= 15 is 0 Å². The van der Waals surface area contributed by atoms with Gasteiger partial charge in [-0.3, -0.25) is 4.79 Å². The first-order chi connectivity index (χ1) is 6.70. The Morgan fingerprint density at radius 2 is 2.00 bits per heavy atom. The van der Waals surface area contributed by atoms with Crippen molar-refractivity contribution in [1.82, 2.24) is 0 Å². The van der Waals surface area contributed by atoms with Crippen molar-refractivity contribution < 1.29 is 4.79 Å². The van der Waals surface area contributed by atoms with E-state index in [2.05, 4.69) is 28.1 Å². The zero-order valence-corrected chi connectivity index (χ0v) is 10.1. The summed E-state index contributed by atoms with van der Waals surface area (Å²) in [5.41, 5.74) is 1.30. The van der Waals surface area contributed by atoms with Crippen LogP contribution < -0.4 is 0 Å². The van der Waals surface area contributed by atoms with Crippen molar-refractivity contribution in [2.45, 2.75) is 24.1 Å². The Bertz CT molecular complexity index is 287. The van der Waals surface area contributed by atoms with Gasteiger partial charge in [0.15, 0.2) is 0 Å². The van der Waals surface area contributed by atoms with E-state index in [-0.39, 0.29) is 10.1 Å². The van der Waals surface area contributed by atoms with Crippen molar-refractivity contribution in [3.05, 3.63) is 35.9 Å². The number of hydrogen-bond acceptors (Lipinski definition) is 1. The Morgan fingerprint density at radius 3 is 2.57 bits per heavy atom. The molecule has 0 saturated heterocycles. The summed E-state index contributed by atoms with van der Waals surface area (Å²) in [6.45, 7) is 0. The van der Waals surface area contributed by atoms with Crippen LogP contribution in [0.15, 0.2) is 30.3 Å². The number of hydrogen-bond donors (Lipinski definition) is 0. The van der Waals surface area contributed by atoms with Crippen LogP contribution in [0.25, 0.3) is 0 Å². The molecule has 76 valence electrons. The minimum atomic E-state index is -0.307. The minimum absolute atomic E-state index is 0.201. The van der Waals surface area contributed by atoms with Gasteiger partial charge in [0.2, 0.25) is 5.24 Å². The van der Waals surface area contributed by atoms with Crippen LogP contribution in [0, 0.1) is 0 Å². The second-order valence-corrected chi connectivity index (χ2v) is 4.63. The Balaban J connectivity index is 2.26. The minimum Gasteiger partial charge on any atom is -0.280 e. The van der Waals surface area contributed by atoms with Crippen LogP contribution in [0.2, 0.25) is 0 Å². The third-order valence-corrected chi connectivity index (χ3v) is 3.41. The van der Waals surface area contributed by atoms with Gasteiger partial charge in [-0.25, -0.2) is 0 Å². The topological polar surface area (TPSA) is 17.1 Å². The number of halogens is 2. The molecule has 0 saturated carbocycles. The predicted molar refractivity (Wildman–Crippen MR) is 63.0 cm³/mol. The quantitative estimate of drug-likeness (QED) is 0.593. The first kappa shape index (κ1) is 11.7. The van der Waals surface area contributed by atoms with E-state index in [1.54, 1.807) is 0 Å². The molecule has 0 bridgehead atoms. The van der Waals surface area contributed by atoms with E-state index in [1.807, 2.05) is 18.2 Å². The number of carbonyl (C=O) groups is 1. The molecule has 0 aliphatic rings. The van der Waals surface area contributed by atoms with E-state index in [0.29, 0.717) is 0 Å². The second kappa shape index (κ2) is 6.20. The van der Waals surface area contributed by atoms with Gasteiger partial charge in [-0.05, 0) is 36.4 Å². The molecular weight excluding hydrogens is 263 g/mol. The Morgan fingerprint density at radius 1 is 1.36 bits per heavy atom. The number of benzene rings is 1. The summed E-state index contributed by atoms with van der Waals surface area (Å²) in [5.74, 6) is 0. The van der Waals surface area contributed by atoms with Crippen molar-refractivity contribution in [1.29, 1.82) is 0 Å².